The van der Waals surface area contributed by atoms with Gasteiger partial charge in [-0.2, -0.15) is 0 Å². The highest BCUT2D eigenvalue weighted by Crippen LogP contribution is 2.33. The summed E-state index contributed by atoms with van der Waals surface area (Å²) >= 11 is 0. The molecule has 0 saturated carbocycles. The highest BCUT2D eigenvalue weighted by atomic mass is 16.5. The van der Waals surface area contributed by atoms with Gasteiger partial charge in [0.2, 0.25) is 0 Å². The van der Waals surface area contributed by atoms with E-state index in [0.29, 0.717) is 19.3 Å². The van der Waals surface area contributed by atoms with Gasteiger partial charge in [0, 0.05) is 31.4 Å². The molecule has 5 heteroatoms. The van der Waals surface area contributed by atoms with E-state index < -0.39 is 0 Å². The average molecular weight is 291 g/mol. The van der Waals surface area contributed by atoms with E-state index in [1.165, 1.54) is 37.1 Å². The number of hydrogen-bond acceptors (Lipinski definition) is 4. The van der Waals surface area contributed by atoms with Gasteiger partial charge in [-0.3, -0.25) is 0 Å². The maximum absolute atomic E-state index is 9.58. The van der Waals surface area contributed by atoms with Crippen LogP contribution in [0.4, 0.5) is 0 Å². The molecule has 2 saturated heterocycles. The Morgan fingerprint density at radius 1 is 1.33 bits per heavy atom. The molecule has 1 aliphatic carbocycles. The molecule has 1 aromatic rings. The molecule has 3 aliphatic rings. The fourth-order valence-corrected chi connectivity index (χ4v) is 4.09. The Kier molecular flexibility index (Phi) is 3.52. The molecule has 1 N–H and O–H groups in total. The number of aliphatic hydroxyl groups is 1. The summed E-state index contributed by atoms with van der Waals surface area (Å²) < 4.78 is 7.75. The second-order valence-electron chi connectivity index (χ2n) is 7.08. The van der Waals surface area contributed by atoms with Crippen LogP contribution >= 0.6 is 0 Å². The molecule has 0 bridgehead atoms. The lowest BCUT2D eigenvalue weighted by atomic mass is 9.86. The fraction of sp³-hybridized carbons (Fsp3) is 0.812. The summed E-state index contributed by atoms with van der Waals surface area (Å²) in [6.07, 6.45) is 8.22. The lowest BCUT2D eigenvalue weighted by Crippen LogP contribution is -2.52. The number of aryl methyl sites for hydroxylation is 1. The summed E-state index contributed by atoms with van der Waals surface area (Å²) in [5, 5.41) is 9.58. The third kappa shape index (κ3) is 2.41. The second-order valence-corrected chi connectivity index (χ2v) is 7.08. The highest BCUT2D eigenvalue weighted by Gasteiger charge is 2.41. The van der Waals surface area contributed by atoms with Crippen molar-refractivity contribution in [3.8, 4) is 0 Å². The van der Waals surface area contributed by atoms with E-state index >= 15 is 0 Å². The van der Waals surface area contributed by atoms with Crippen LogP contribution in [-0.4, -0.2) is 59.0 Å². The normalized spacial score (nSPS) is 28.3. The minimum absolute atomic E-state index is 0.00323. The lowest BCUT2D eigenvalue weighted by molar-refractivity contribution is -0.146. The van der Waals surface area contributed by atoms with Crippen molar-refractivity contribution < 1.29 is 9.84 Å². The number of likely N-dealkylation sites (tertiary alicyclic amines) is 1. The number of fused-ring (bicyclic) bond motifs is 1. The Hall–Kier alpha value is -0.910. The average Bonchev–Trinajstić information content (AvgIpc) is 3.09. The van der Waals surface area contributed by atoms with E-state index in [4.69, 9.17) is 4.74 Å². The van der Waals surface area contributed by atoms with Crippen LogP contribution in [0.25, 0.3) is 0 Å². The molecule has 2 fully saturated rings. The highest BCUT2D eigenvalue weighted by molar-refractivity contribution is 5.17. The van der Waals surface area contributed by atoms with Gasteiger partial charge in [-0.15, -0.1) is 0 Å². The van der Waals surface area contributed by atoms with Crippen LogP contribution in [0.15, 0.2) is 6.33 Å². The van der Waals surface area contributed by atoms with Gasteiger partial charge in [0.15, 0.2) is 0 Å². The van der Waals surface area contributed by atoms with Gasteiger partial charge in [0.05, 0.1) is 37.3 Å². The number of rotatable bonds is 4. The summed E-state index contributed by atoms with van der Waals surface area (Å²) in [5.74, 6) is 0. The van der Waals surface area contributed by atoms with Crippen molar-refractivity contribution in [1.82, 2.24) is 14.5 Å². The third-order valence-electron chi connectivity index (χ3n) is 5.41. The maximum atomic E-state index is 9.58. The Balaban J connectivity index is 1.43. The second kappa shape index (κ2) is 5.38. The van der Waals surface area contributed by atoms with Crippen LogP contribution in [0.5, 0.6) is 0 Å². The molecule has 0 amide bonds. The molecule has 2 aliphatic heterocycles. The van der Waals surface area contributed by atoms with Gasteiger partial charge in [0.25, 0.3) is 0 Å². The standard InChI is InChI=1S/C16H25N3O2/c20-9-16(10-21-11-16)8-18-6-5-13(7-18)19-12-17-14-3-1-2-4-15(14)19/h12-13,20H,1-11H2/t13-/m1/s1. The lowest BCUT2D eigenvalue weighted by Gasteiger charge is -2.42. The van der Waals surface area contributed by atoms with E-state index in [2.05, 4.69) is 20.8 Å². The molecular formula is C16H25N3O2. The molecular weight excluding hydrogens is 266 g/mol. The maximum Gasteiger partial charge on any atom is 0.0954 e. The van der Waals surface area contributed by atoms with Crippen molar-refractivity contribution in [2.24, 2.45) is 5.41 Å². The molecule has 4 rings (SSSR count). The molecule has 5 nitrogen and oxygen atoms in total. The van der Waals surface area contributed by atoms with E-state index in [1.807, 2.05) is 0 Å². The first kappa shape index (κ1) is 13.7. The monoisotopic (exact) mass is 291 g/mol. The summed E-state index contributed by atoms with van der Waals surface area (Å²) in [6, 6.07) is 0.566. The van der Waals surface area contributed by atoms with Crippen molar-refractivity contribution in [3.05, 3.63) is 17.7 Å². The molecule has 0 aromatic carbocycles. The summed E-state index contributed by atoms with van der Waals surface area (Å²) in [4.78, 5) is 7.13. The zero-order chi connectivity index (χ0) is 14.3. The van der Waals surface area contributed by atoms with Crippen LogP contribution in [0.2, 0.25) is 0 Å². The molecule has 0 radical (unpaired) electrons. The quantitative estimate of drug-likeness (QED) is 0.900. The van der Waals surface area contributed by atoms with E-state index in [0.717, 1.165) is 26.1 Å². The Labute approximate surface area is 125 Å². The van der Waals surface area contributed by atoms with Crippen molar-refractivity contribution >= 4 is 0 Å². The van der Waals surface area contributed by atoms with Crippen LogP contribution in [0.1, 0.15) is 36.7 Å². The zero-order valence-corrected chi connectivity index (χ0v) is 12.6. The van der Waals surface area contributed by atoms with E-state index in [-0.39, 0.29) is 12.0 Å². The number of imidazole rings is 1. The molecule has 1 aromatic heterocycles. The minimum atomic E-state index is 0.00323. The number of nitrogens with zero attached hydrogens (tertiary/aromatic N) is 3. The third-order valence-corrected chi connectivity index (χ3v) is 5.41. The smallest absolute Gasteiger partial charge is 0.0954 e. The van der Waals surface area contributed by atoms with Gasteiger partial charge in [-0.25, -0.2) is 4.98 Å². The van der Waals surface area contributed by atoms with Gasteiger partial charge in [-0.05, 0) is 32.1 Å². The van der Waals surface area contributed by atoms with Gasteiger partial charge >= 0.3 is 0 Å². The Morgan fingerprint density at radius 2 is 2.19 bits per heavy atom. The van der Waals surface area contributed by atoms with Crippen LogP contribution < -0.4 is 0 Å². The first-order chi connectivity index (χ1) is 10.3. The summed E-state index contributed by atoms with van der Waals surface area (Å²) in [7, 11) is 0. The zero-order valence-electron chi connectivity index (χ0n) is 12.6. The topological polar surface area (TPSA) is 50.5 Å². The van der Waals surface area contributed by atoms with Gasteiger partial charge in [0.1, 0.15) is 0 Å². The summed E-state index contributed by atoms with van der Waals surface area (Å²) in [5.41, 5.74) is 2.82. The predicted octanol–water partition coefficient (Wildman–Crippen LogP) is 1.02. The SMILES string of the molecule is OCC1(CN2CC[C@@H](n3cnc4c3CCCC4)C2)COC1. The van der Waals surface area contributed by atoms with Crippen LogP contribution in [0, 0.1) is 5.41 Å². The first-order valence-electron chi connectivity index (χ1n) is 8.25. The Morgan fingerprint density at radius 3 is 2.95 bits per heavy atom. The number of ether oxygens (including phenoxy) is 1. The number of aromatic nitrogens is 2. The molecule has 3 heterocycles. The van der Waals surface area contributed by atoms with E-state index in [9.17, 15) is 5.11 Å². The Bertz CT molecular complexity index is 504. The predicted molar refractivity (Wildman–Crippen MR) is 79.3 cm³/mol. The molecule has 21 heavy (non-hydrogen) atoms. The van der Waals surface area contributed by atoms with Gasteiger partial charge < -0.3 is 19.3 Å². The van der Waals surface area contributed by atoms with Crippen molar-refractivity contribution in [2.45, 2.75) is 38.1 Å². The van der Waals surface area contributed by atoms with Crippen LogP contribution in [0.3, 0.4) is 0 Å². The molecule has 0 spiro atoms. The van der Waals surface area contributed by atoms with E-state index in [1.54, 1.807) is 0 Å². The van der Waals surface area contributed by atoms with Crippen molar-refractivity contribution in [3.63, 3.8) is 0 Å². The van der Waals surface area contributed by atoms with Crippen molar-refractivity contribution in [1.29, 1.82) is 0 Å². The van der Waals surface area contributed by atoms with Crippen molar-refractivity contribution in [2.75, 3.05) is 39.5 Å². The number of hydrogen-bond donors (Lipinski definition) is 1. The molecule has 1 atom stereocenters. The first-order valence-corrected chi connectivity index (χ1v) is 8.25. The number of aliphatic hydroxyl groups excluding tert-OH is 1. The van der Waals surface area contributed by atoms with Gasteiger partial charge in [-0.1, -0.05) is 0 Å². The minimum Gasteiger partial charge on any atom is -0.396 e. The molecule has 0 unspecified atom stereocenters. The molecule has 116 valence electrons. The van der Waals surface area contributed by atoms with Crippen LogP contribution in [-0.2, 0) is 17.6 Å². The fourth-order valence-electron chi connectivity index (χ4n) is 4.09. The summed E-state index contributed by atoms with van der Waals surface area (Å²) in [6.45, 7) is 4.85. The largest absolute Gasteiger partial charge is 0.396 e.